The minimum absolute atomic E-state index is 0.175. The summed E-state index contributed by atoms with van der Waals surface area (Å²) in [7, 11) is 0. The molecule has 0 atom stereocenters. The van der Waals surface area contributed by atoms with Crippen molar-refractivity contribution in [1.29, 1.82) is 0 Å². The van der Waals surface area contributed by atoms with Gasteiger partial charge in [-0.2, -0.15) is 0 Å². The second-order valence-electron chi connectivity index (χ2n) is 4.74. The van der Waals surface area contributed by atoms with Gasteiger partial charge in [-0.3, -0.25) is 10.1 Å². The summed E-state index contributed by atoms with van der Waals surface area (Å²) in [6, 6.07) is 7.25. The Labute approximate surface area is 121 Å². The molecule has 0 bridgehead atoms. The van der Waals surface area contributed by atoms with Gasteiger partial charge in [0.05, 0.1) is 17.9 Å². The highest BCUT2D eigenvalue weighted by molar-refractivity contribution is 7.14. The number of thiazole rings is 1. The molecular formula is C15H16N2O2S. The van der Waals surface area contributed by atoms with Gasteiger partial charge in [0.2, 0.25) is 0 Å². The number of rotatable bonds is 5. The molecule has 3 rings (SSSR count). The van der Waals surface area contributed by atoms with Crippen LogP contribution in [0.25, 0.3) is 0 Å². The van der Waals surface area contributed by atoms with Gasteiger partial charge >= 0.3 is 0 Å². The largest absolute Gasteiger partial charge is 0.493 e. The van der Waals surface area contributed by atoms with E-state index in [1.807, 2.05) is 24.4 Å². The van der Waals surface area contributed by atoms with Gasteiger partial charge in [0.15, 0.2) is 5.13 Å². The lowest BCUT2D eigenvalue weighted by molar-refractivity contribution is 0.102. The highest BCUT2D eigenvalue weighted by Gasteiger charge is 2.26. The molecule has 0 saturated heterocycles. The topological polar surface area (TPSA) is 51.2 Å². The van der Waals surface area contributed by atoms with E-state index in [0.717, 1.165) is 5.69 Å². The maximum Gasteiger partial charge on any atom is 0.261 e. The average Bonchev–Trinajstić information content (AvgIpc) is 3.20. The predicted molar refractivity (Wildman–Crippen MR) is 79.7 cm³/mol. The highest BCUT2D eigenvalue weighted by atomic mass is 32.1. The third-order valence-electron chi connectivity index (χ3n) is 3.17. The van der Waals surface area contributed by atoms with Crippen molar-refractivity contribution in [2.45, 2.75) is 25.7 Å². The van der Waals surface area contributed by atoms with Crippen molar-refractivity contribution in [3.8, 4) is 5.75 Å². The van der Waals surface area contributed by atoms with Crippen molar-refractivity contribution in [3.05, 3.63) is 40.9 Å². The van der Waals surface area contributed by atoms with Crippen LogP contribution in [0.3, 0.4) is 0 Å². The Bertz CT molecular complexity index is 620. The molecule has 0 aliphatic heterocycles. The standard InChI is InChI=1S/C15H16N2O2S/c1-2-19-13-6-4-3-5-11(13)14(18)17-15-16-12(9-20-15)10-7-8-10/h3-6,9-10H,2,7-8H2,1H3,(H,16,17,18). The molecule has 0 spiro atoms. The van der Waals surface area contributed by atoms with Gasteiger partial charge < -0.3 is 4.74 Å². The van der Waals surface area contributed by atoms with Crippen LogP contribution in [0.2, 0.25) is 0 Å². The second kappa shape index (κ2) is 5.63. The normalized spacial score (nSPS) is 14.1. The molecule has 5 heteroatoms. The molecule has 1 aromatic carbocycles. The molecule has 1 heterocycles. The first-order valence-corrected chi connectivity index (χ1v) is 7.64. The zero-order valence-corrected chi connectivity index (χ0v) is 12.1. The Hall–Kier alpha value is -1.88. The molecule has 0 radical (unpaired) electrons. The molecule has 0 unspecified atom stereocenters. The first-order valence-electron chi connectivity index (χ1n) is 6.76. The summed E-state index contributed by atoms with van der Waals surface area (Å²) in [5.74, 6) is 1.03. The van der Waals surface area contributed by atoms with E-state index in [-0.39, 0.29) is 5.91 Å². The average molecular weight is 288 g/mol. The number of para-hydroxylation sites is 1. The fourth-order valence-electron chi connectivity index (χ4n) is 2.01. The summed E-state index contributed by atoms with van der Waals surface area (Å²) in [6.45, 7) is 2.44. The number of carbonyl (C=O) groups is 1. The summed E-state index contributed by atoms with van der Waals surface area (Å²) in [5.41, 5.74) is 1.64. The minimum Gasteiger partial charge on any atom is -0.493 e. The van der Waals surface area contributed by atoms with Crippen molar-refractivity contribution in [2.24, 2.45) is 0 Å². The van der Waals surface area contributed by atoms with E-state index in [0.29, 0.717) is 29.0 Å². The van der Waals surface area contributed by atoms with Gasteiger partial charge in [-0.1, -0.05) is 12.1 Å². The van der Waals surface area contributed by atoms with E-state index in [2.05, 4.69) is 10.3 Å². The fourth-order valence-corrected chi connectivity index (χ4v) is 2.80. The second-order valence-corrected chi connectivity index (χ2v) is 5.59. The van der Waals surface area contributed by atoms with Crippen LogP contribution in [-0.2, 0) is 0 Å². The van der Waals surface area contributed by atoms with Crippen LogP contribution in [0.5, 0.6) is 5.75 Å². The number of nitrogens with zero attached hydrogens (tertiary/aromatic N) is 1. The molecule has 104 valence electrons. The molecule has 20 heavy (non-hydrogen) atoms. The summed E-state index contributed by atoms with van der Waals surface area (Å²) in [4.78, 5) is 16.7. The summed E-state index contributed by atoms with van der Waals surface area (Å²) in [5, 5.41) is 5.53. The number of carbonyl (C=O) groups excluding carboxylic acids is 1. The smallest absolute Gasteiger partial charge is 0.261 e. The van der Waals surface area contributed by atoms with E-state index in [1.165, 1.54) is 24.2 Å². The molecule has 1 aliphatic rings. The van der Waals surface area contributed by atoms with Crippen LogP contribution in [0.1, 0.15) is 41.7 Å². The van der Waals surface area contributed by atoms with Gasteiger partial charge in [0.25, 0.3) is 5.91 Å². The van der Waals surface area contributed by atoms with Crippen molar-refractivity contribution >= 4 is 22.4 Å². The van der Waals surface area contributed by atoms with Crippen LogP contribution < -0.4 is 10.1 Å². The number of hydrogen-bond acceptors (Lipinski definition) is 4. The molecule has 1 amide bonds. The molecule has 1 saturated carbocycles. The number of anilines is 1. The van der Waals surface area contributed by atoms with Crippen molar-refractivity contribution in [3.63, 3.8) is 0 Å². The molecule has 1 N–H and O–H groups in total. The third kappa shape index (κ3) is 2.82. The van der Waals surface area contributed by atoms with Gasteiger partial charge in [-0.25, -0.2) is 4.98 Å². The van der Waals surface area contributed by atoms with Crippen molar-refractivity contribution in [1.82, 2.24) is 4.98 Å². The van der Waals surface area contributed by atoms with E-state index in [9.17, 15) is 4.79 Å². The van der Waals surface area contributed by atoms with E-state index >= 15 is 0 Å². The fraction of sp³-hybridized carbons (Fsp3) is 0.333. The first-order chi connectivity index (χ1) is 9.78. The van der Waals surface area contributed by atoms with Crippen LogP contribution in [0, 0.1) is 0 Å². The van der Waals surface area contributed by atoms with Crippen LogP contribution in [0.15, 0.2) is 29.6 Å². The third-order valence-corrected chi connectivity index (χ3v) is 3.95. The Balaban J connectivity index is 1.74. The zero-order chi connectivity index (χ0) is 13.9. The van der Waals surface area contributed by atoms with Gasteiger partial charge in [0.1, 0.15) is 5.75 Å². The van der Waals surface area contributed by atoms with E-state index < -0.39 is 0 Å². The number of nitrogens with one attached hydrogen (secondary N) is 1. The quantitative estimate of drug-likeness (QED) is 0.913. The minimum atomic E-state index is -0.175. The molecule has 1 aromatic heterocycles. The Morgan fingerprint density at radius 3 is 3.00 bits per heavy atom. The van der Waals surface area contributed by atoms with Crippen molar-refractivity contribution < 1.29 is 9.53 Å². The van der Waals surface area contributed by atoms with Gasteiger partial charge in [-0.05, 0) is 31.9 Å². The number of ether oxygens (including phenoxy) is 1. The number of hydrogen-bond donors (Lipinski definition) is 1. The Kier molecular flexibility index (Phi) is 3.69. The molecule has 1 aliphatic carbocycles. The maximum absolute atomic E-state index is 12.3. The van der Waals surface area contributed by atoms with Crippen LogP contribution >= 0.6 is 11.3 Å². The number of aromatic nitrogens is 1. The molecular weight excluding hydrogens is 272 g/mol. The zero-order valence-electron chi connectivity index (χ0n) is 11.3. The van der Waals surface area contributed by atoms with Crippen molar-refractivity contribution in [2.75, 3.05) is 11.9 Å². The maximum atomic E-state index is 12.3. The monoisotopic (exact) mass is 288 g/mol. The lowest BCUT2D eigenvalue weighted by atomic mass is 10.2. The number of amides is 1. The molecule has 1 fully saturated rings. The SMILES string of the molecule is CCOc1ccccc1C(=O)Nc1nc(C2CC2)cs1. The highest BCUT2D eigenvalue weighted by Crippen LogP contribution is 2.40. The van der Waals surface area contributed by atoms with Crippen LogP contribution in [-0.4, -0.2) is 17.5 Å². The Morgan fingerprint density at radius 2 is 2.25 bits per heavy atom. The summed E-state index contributed by atoms with van der Waals surface area (Å²) in [6.07, 6.45) is 2.43. The lowest BCUT2D eigenvalue weighted by Crippen LogP contribution is -2.13. The Morgan fingerprint density at radius 1 is 1.45 bits per heavy atom. The lowest BCUT2D eigenvalue weighted by Gasteiger charge is -2.08. The summed E-state index contributed by atoms with van der Waals surface area (Å²) < 4.78 is 5.47. The van der Waals surface area contributed by atoms with Crippen LogP contribution in [0.4, 0.5) is 5.13 Å². The van der Waals surface area contributed by atoms with E-state index in [4.69, 9.17) is 4.74 Å². The van der Waals surface area contributed by atoms with Gasteiger partial charge in [-0.15, -0.1) is 11.3 Å². The molecule has 4 nitrogen and oxygen atoms in total. The molecule has 2 aromatic rings. The first kappa shape index (κ1) is 13.1. The summed E-state index contributed by atoms with van der Waals surface area (Å²) >= 11 is 1.48. The number of benzene rings is 1. The van der Waals surface area contributed by atoms with Gasteiger partial charge in [0, 0.05) is 11.3 Å². The van der Waals surface area contributed by atoms with E-state index in [1.54, 1.807) is 12.1 Å². The predicted octanol–water partition coefficient (Wildman–Crippen LogP) is 3.67.